The Morgan fingerprint density at radius 1 is 0.850 bits per heavy atom. The van der Waals surface area contributed by atoms with E-state index < -0.39 is 0 Å². The van der Waals surface area contributed by atoms with Gasteiger partial charge in [-0.05, 0) is 43.9 Å². The highest BCUT2D eigenvalue weighted by Crippen LogP contribution is 2.25. The Bertz CT molecular complexity index is 372. The second kappa shape index (κ2) is 9.18. The topological polar surface area (TPSA) is 26.0 Å². The van der Waals surface area contributed by atoms with Crippen molar-refractivity contribution in [3.63, 3.8) is 0 Å². The molecule has 0 heterocycles. The van der Waals surface area contributed by atoms with Crippen LogP contribution < -0.4 is 5.73 Å². The summed E-state index contributed by atoms with van der Waals surface area (Å²) in [6.45, 7) is 8.82. The van der Waals surface area contributed by atoms with Crippen LogP contribution in [0.2, 0.25) is 0 Å². The van der Waals surface area contributed by atoms with Crippen molar-refractivity contribution < 1.29 is 0 Å². The van der Waals surface area contributed by atoms with E-state index in [-0.39, 0.29) is 6.04 Å². The van der Waals surface area contributed by atoms with Crippen LogP contribution in [0.15, 0.2) is 12.1 Å². The maximum absolute atomic E-state index is 6.41. The maximum Gasteiger partial charge on any atom is 0.0300 e. The summed E-state index contributed by atoms with van der Waals surface area (Å²) in [5, 5.41) is 0. The Kier molecular flexibility index (Phi) is 7.91. The van der Waals surface area contributed by atoms with Crippen LogP contribution in [-0.4, -0.2) is 0 Å². The number of benzene rings is 1. The third-order valence-corrected chi connectivity index (χ3v) is 4.23. The van der Waals surface area contributed by atoms with E-state index in [9.17, 15) is 0 Å². The molecular weight excluding hydrogens is 242 g/mol. The molecule has 1 unspecified atom stereocenters. The Balaban J connectivity index is 2.34. The second-order valence-electron chi connectivity index (χ2n) is 6.33. The zero-order valence-corrected chi connectivity index (χ0v) is 14.0. The molecule has 0 spiro atoms. The van der Waals surface area contributed by atoms with Crippen molar-refractivity contribution in [1.29, 1.82) is 0 Å². The van der Waals surface area contributed by atoms with Gasteiger partial charge in [-0.1, -0.05) is 69.6 Å². The highest BCUT2D eigenvalue weighted by molar-refractivity contribution is 5.39. The van der Waals surface area contributed by atoms with Crippen LogP contribution in [0.3, 0.4) is 0 Å². The molecule has 2 N–H and O–H groups in total. The Morgan fingerprint density at radius 3 is 1.90 bits per heavy atom. The van der Waals surface area contributed by atoms with E-state index in [1.807, 2.05) is 0 Å². The first-order valence-electron chi connectivity index (χ1n) is 8.39. The van der Waals surface area contributed by atoms with Crippen LogP contribution in [0.5, 0.6) is 0 Å². The number of hydrogen-bond donors (Lipinski definition) is 1. The van der Waals surface area contributed by atoms with Gasteiger partial charge in [0.2, 0.25) is 0 Å². The van der Waals surface area contributed by atoms with Crippen molar-refractivity contribution in [1.82, 2.24) is 0 Å². The molecule has 1 aromatic rings. The molecule has 0 aliphatic rings. The summed E-state index contributed by atoms with van der Waals surface area (Å²) in [4.78, 5) is 0. The molecule has 1 atom stereocenters. The predicted octanol–water partition coefficient (Wildman–Crippen LogP) is 5.75. The fraction of sp³-hybridized carbons (Fsp3) is 0.684. The molecule has 1 heteroatoms. The summed E-state index contributed by atoms with van der Waals surface area (Å²) >= 11 is 0. The third-order valence-electron chi connectivity index (χ3n) is 4.23. The number of unbranched alkanes of at least 4 members (excludes halogenated alkanes) is 6. The molecule has 0 radical (unpaired) electrons. The largest absolute Gasteiger partial charge is 0.324 e. The van der Waals surface area contributed by atoms with Crippen molar-refractivity contribution in [3.8, 4) is 0 Å². The van der Waals surface area contributed by atoms with E-state index >= 15 is 0 Å². The zero-order chi connectivity index (χ0) is 15.0. The average Bonchev–Trinajstić information content (AvgIpc) is 2.36. The highest BCUT2D eigenvalue weighted by Gasteiger charge is 2.12. The zero-order valence-electron chi connectivity index (χ0n) is 14.0. The predicted molar refractivity (Wildman–Crippen MR) is 90.2 cm³/mol. The van der Waals surface area contributed by atoms with Gasteiger partial charge < -0.3 is 5.73 Å². The minimum Gasteiger partial charge on any atom is -0.324 e. The minimum absolute atomic E-state index is 0.214. The molecule has 114 valence electrons. The first kappa shape index (κ1) is 17.2. The quantitative estimate of drug-likeness (QED) is 0.570. The minimum atomic E-state index is 0.214. The maximum atomic E-state index is 6.41. The number of aryl methyl sites for hydroxylation is 3. The molecule has 20 heavy (non-hydrogen) atoms. The molecule has 0 saturated carbocycles. The SMILES string of the molecule is CCCCCCCCCC(N)c1c(C)cc(C)cc1C. The van der Waals surface area contributed by atoms with E-state index in [4.69, 9.17) is 5.73 Å². The third kappa shape index (κ3) is 5.66. The summed E-state index contributed by atoms with van der Waals surface area (Å²) in [6, 6.07) is 4.73. The standard InChI is InChI=1S/C19H33N/c1-5-6-7-8-9-10-11-12-18(20)19-16(3)13-15(2)14-17(19)4/h13-14,18H,5-12,20H2,1-4H3. The molecule has 1 nitrogen and oxygen atoms in total. The lowest BCUT2D eigenvalue weighted by Gasteiger charge is -2.18. The molecule has 0 fully saturated rings. The summed E-state index contributed by atoms with van der Waals surface area (Å²) < 4.78 is 0. The van der Waals surface area contributed by atoms with Gasteiger partial charge in [0.15, 0.2) is 0 Å². The van der Waals surface area contributed by atoms with Gasteiger partial charge >= 0.3 is 0 Å². The van der Waals surface area contributed by atoms with Crippen molar-refractivity contribution in [2.75, 3.05) is 0 Å². The van der Waals surface area contributed by atoms with Crippen LogP contribution in [0, 0.1) is 20.8 Å². The van der Waals surface area contributed by atoms with E-state index in [1.165, 1.54) is 67.2 Å². The Morgan fingerprint density at radius 2 is 1.35 bits per heavy atom. The molecule has 0 bridgehead atoms. The Labute approximate surface area is 126 Å². The fourth-order valence-electron chi connectivity index (χ4n) is 3.24. The molecule has 0 aliphatic carbocycles. The summed E-state index contributed by atoms with van der Waals surface area (Å²) in [6.07, 6.45) is 10.6. The van der Waals surface area contributed by atoms with E-state index in [0.717, 1.165) is 6.42 Å². The Hall–Kier alpha value is -0.820. The lowest BCUT2D eigenvalue weighted by atomic mass is 9.91. The lowest BCUT2D eigenvalue weighted by molar-refractivity contribution is 0.539. The van der Waals surface area contributed by atoms with Gasteiger partial charge in [-0.25, -0.2) is 0 Å². The highest BCUT2D eigenvalue weighted by atomic mass is 14.6. The first-order chi connectivity index (χ1) is 9.56. The smallest absolute Gasteiger partial charge is 0.0300 e. The van der Waals surface area contributed by atoms with Gasteiger partial charge in [0.05, 0.1) is 0 Å². The second-order valence-corrected chi connectivity index (χ2v) is 6.33. The van der Waals surface area contributed by atoms with Crippen LogP contribution in [0.1, 0.15) is 86.6 Å². The number of nitrogens with two attached hydrogens (primary N) is 1. The average molecular weight is 275 g/mol. The number of rotatable bonds is 9. The van der Waals surface area contributed by atoms with Crippen LogP contribution in [0.25, 0.3) is 0 Å². The van der Waals surface area contributed by atoms with Gasteiger partial charge in [-0.2, -0.15) is 0 Å². The molecule has 0 amide bonds. The van der Waals surface area contributed by atoms with E-state index in [2.05, 4.69) is 39.8 Å². The lowest BCUT2D eigenvalue weighted by Crippen LogP contribution is -2.13. The van der Waals surface area contributed by atoms with E-state index in [1.54, 1.807) is 0 Å². The molecular formula is C19H33N. The van der Waals surface area contributed by atoms with Gasteiger partial charge in [0, 0.05) is 6.04 Å². The molecule has 0 aliphatic heterocycles. The molecule has 0 aromatic heterocycles. The van der Waals surface area contributed by atoms with Gasteiger partial charge in [-0.3, -0.25) is 0 Å². The normalized spacial score (nSPS) is 12.7. The van der Waals surface area contributed by atoms with Crippen LogP contribution >= 0.6 is 0 Å². The molecule has 0 saturated heterocycles. The van der Waals surface area contributed by atoms with Gasteiger partial charge in [0.1, 0.15) is 0 Å². The van der Waals surface area contributed by atoms with Gasteiger partial charge in [-0.15, -0.1) is 0 Å². The molecule has 1 rings (SSSR count). The van der Waals surface area contributed by atoms with Crippen molar-refractivity contribution in [2.24, 2.45) is 5.73 Å². The van der Waals surface area contributed by atoms with Gasteiger partial charge in [0.25, 0.3) is 0 Å². The van der Waals surface area contributed by atoms with E-state index in [0.29, 0.717) is 0 Å². The van der Waals surface area contributed by atoms with Crippen molar-refractivity contribution in [2.45, 2.75) is 85.1 Å². The molecule has 1 aromatic carbocycles. The monoisotopic (exact) mass is 275 g/mol. The summed E-state index contributed by atoms with van der Waals surface area (Å²) in [7, 11) is 0. The van der Waals surface area contributed by atoms with Crippen molar-refractivity contribution in [3.05, 3.63) is 34.4 Å². The van der Waals surface area contributed by atoms with Crippen LogP contribution in [0.4, 0.5) is 0 Å². The number of hydrogen-bond acceptors (Lipinski definition) is 1. The van der Waals surface area contributed by atoms with Crippen LogP contribution in [-0.2, 0) is 0 Å². The van der Waals surface area contributed by atoms with Crippen molar-refractivity contribution >= 4 is 0 Å². The summed E-state index contributed by atoms with van der Waals surface area (Å²) in [5.74, 6) is 0. The fourth-order valence-corrected chi connectivity index (χ4v) is 3.24. The first-order valence-corrected chi connectivity index (χ1v) is 8.39. The summed E-state index contributed by atoms with van der Waals surface area (Å²) in [5.41, 5.74) is 11.8.